The Hall–Kier alpha value is -2.08. The molecule has 24 heavy (non-hydrogen) atoms. The molecule has 0 saturated carbocycles. The lowest BCUT2D eigenvalue weighted by Crippen LogP contribution is -2.50. The second-order valence-corrected chi connectivity index (χ2v) is 7.19. The normalized spacial score (nSPS) is 15.3. The van der Waals surface area contributed by atoms with Crippen LogP contribution in [0.5, 0.6) is 0 Å². The van der Waals surface area contributed by atoms with Gasteiger partial charge in [-0.25, -0.2) is 4.79 Å². The molecule has 0 unspecified atom stereocenters. The van der Waals surface area contributed by atoms with E-state index in [0.29, 0.717) is 19.0 Å². The lowest BCUT2D eigenvalue weighted by molar-refractivity contribution is -0.123. The molecule has 132 valence electrons. The minimum absolute atomic E-state index is 0.00282. The summed E-state index contributed by atoms with van der Waals surface area (Å²) in [5.74, 6) is 0.183. The molecule has 1 heterocycles. The molecule has 6 nitrogen and oxygen atoms in total. The van der Waals surface area contributed by atoms with E-state index < -0.39 is 5.54 Å². The van der Waals surface area contributed by atoms with Gasteiger partial charge in [-0.1, -0.05) is 26.0 Å². The Morgan fingerprint density at radius 3 is 2.42 bits per heavy atom. The van der Waals surface area contributed by atoms with Crippen molar-refractivity contribution in [1.29, 1.82) is 0 Å². The summed E-state index contributed by atoms with van der Waals surface area (Å²) in [7, 11) is 0. The van der Waals surface area contributed by atoms with Crippen molar-refractivity contribution in [2.24, 2.45) is 0 Å². The van der Waals surface area contributed by atoms with Crippen LogP contribution in [0.3, 0.4) is 0 Å². The van der Waals surface area contributed by atoms with Gasteiger partial charge in [0.1, 0.15) is 6.54 Å². The average molecular weight is 333 g/mol. The van der Waals surface area contributed by atoms with Crippen molar-refractivity contribution >= 4 is 17.6 Å². The summed E-state index contributed by atoms with van der Waals surface area (Å²) in [4.78, 5) is 27.8. The lowest BCUT2D eigenvalue weighted by atomic mass is 10.0. The third kappa shape index (κ3) is 4.26. The summed E-state index contributed by atoms with van der Waals surface area (Å²) in [6.07, 6.45) is 0. The molecule has 1 aliphatic heterocycles. The van der Waals surface area contributed by atoms with Crippen LogP contribution >= 0.6 is 0 Å². The topological polar surface area (TPSA) is 72.9 Å². The first-order valence-corrected chi connectivity index (χ1v) is 8.32. The van der Waals surface area contributed by atoms with Crippen LogP contribution in [0.2, 0.25) is 0 Å². The van der Waals surface area contributed by atoms with E-state index in [0.717, 1.165) is 5.69 Å². The lowest BCUT2D eigenvalue weighted by Gasteiger charge is -2.25. The summed E-state index contributed by atoms with van der Waals surface area (Å²) in [6, 6.07) is 7.81. The van der Waals surface area contributed by atoms with Gasteiger partial charge >= 0.3 is 6.03 Å². The standard InChI is InChI=1S/C18H27N3O3/c1-13(2)14-5-7-15(8-6-14)21-10-9-20(17(21)24)11-16(23)19-18(3,4)12-22/h5-8,13,22H,9-12H2,1-4H3,(H,19,23). The zero-order chi connectivity index (χ0) is 17.9. The fourth-order valence-electron chi connectivity index (χ4n) is 2.64. The smallest absolute Gasteiger partial charge is 0.325 e. The first kappa shape index (κ1) is 18.3. The number of carbonyl (C=O) groups excluding carboxylic acids is 2. The molecular weight excluding hydrogens is 306 g/mol. The molecule has 1 aromatic rings. The second-order valence-electron chi connectivity index (χ2n) is 7.19. The molecule has 0 radical (unpaired) electrons. The minimum Gasteiger partial charge on any atom is -0.394 e. The van der Waals surface area contributed by atoms with E-state index in [2.05, 4.69) is 19.2 Å². The zero-order valence-electron chi connectivity index (χ0n) is 14.9. The number of aliphatic hydroxyl groups excluding tert-OH is 1. The molecule has 6 heteroatoms. The Bertz CT molecular complexity index is 596. The zero-order valence-corrected chi connectivity index (χ0v) is 14.9. The summed E-state index contributed by atoms with van der Waals surface area (Å²) < 4.78 is 0. The van der Waals surface area contributed by atoms with E-state index in [9.17, 15) is 14.7 Å². The van der Waals surface area contributed by atoms with E-state index in [4.69, 9.17) is 0 Å². The molecule has 2 rings (SSSR count). The van der Waals surface area contributed by atoms with Gasteiger partial charge in [0.05, 0.1) is 12.1 Å². The number of urea groups is 1. The van der Waals surface area contributed by atoms with Crippen LogP contribution in [0.25, 0.3) is 0 Å². The highest BCUT2D eigenvalue weighted by Crippen LogP contribution is 2.23. The van der Waals surface area contributed by atoms with Crippen molar-refractivity contribution in [3.05, 3.63) is 29.8 Å². The van der Waals surface area contributed by atoms with Crippen LogP contribution in [-0.2, 0) is 4.79 Å². The number of amides is 3. The molecule has 0 aliphatic carbocycles. The van der Waals surface area contributed by atoms with E-state index in [-0.39, 0.29) is 25.1 Å². The quantitative estimate of drug-likeness (QED) is 0.835. The first-order chi connectivity index (χ1) is 11.2. The predicted octanol–water partition coefficient (Wildman–Crippen LogP) is 1.94. The van der Waals surface area contributed by atoms with Crippen LogP contribution in [-0.4, -0.2) is 53.7 Å². The van der Waals surface area contributed by atoms with E-state index >= 15 is 0 Å². The summed E-state index contributed by atoms with van der Waals surface area (Å²) in [5, 5.41) is 11.9. The van der Waals surface area contributed by atoms with Gasteiger partial charge in [0, 0.05) is 18.8 Å². The molecule has 0 spiro atoms. The molecule has 0 bridgehead atoms. The number of nitrogens with zero attached hydrogens (tertiary/aromatic N) is 2. The van der Waals surface area contributed by atoms with Crippen molar-refractivity contribution in [3.8, 4) is 0 Å². The fourth-order valence-corrected chi connectivity index (χ4v) is 2.64. The Kier molecular flexibility index (Phi) is 5.49. The van der Waals surface area contributed by atoms with Crippen molar-refractivity contribution in [2.75, 3.05) is 31.1 Å². The number of hydrogen-bond acceptors (Lipinski definition) is 3. The van der Waals surface area contributed by atoms with E-state index in [1.807, 2.05) is 24.3 Å². The van der Waals surface area contributed by atoms with Crippen molar-refractivity contribution in [1.82, 2.24) is 10.2 Å². The second kappa shape index (κ2) is 7.21. The molecular formula is C18H27N3O3. The predicted molar refractivity (Wildman–Crippen MR) is 94.2 cm³/mol. The average Bonchev–Trinajstić information content (AvgIpc) is 2.88. The highest BCUT2D eigenvalue weighted by atomic mass is 16.3. The van der Waals surface area contributed by atoms with Gasteiger partial charge in [-0.05, 0) is 37.5 Å². The van der Waals surface area contributed by atoms with Crippen molar-refractivity contribution in [2.45, 2.75) is 39.2 Å². The number of carbonyl (C=O) groups is 2. The number of benzene rings is 1. The minimum atomic E-state index is -0.688. The number of hydrogen-bond donors (Lipinski definition) is 2. The van der Waals surface area contributed by atoms with Gasteiger partial charge in [0.2, 0.25) is 5.91 Å². The van der Waals surface area contributed by atoms with E-state index in [1.54, 1.807) is 18.7 Å². The van der Waals surface area contributed by atoms with Gasteiger partial charge in [0.25, 0.3) is 0 Å². The maximum Gasteiger partial charge on any atom is 0.325 e. The number of aliphatic hydroxyl groups is 1. The van der Waals surface area contributed by atoms with Crippen LogP contribution in [0, 0.1) is 0 Å². The Balaban J connectivity index is 1.98. The Morgan fingerprint density at radius 1 is 1.25 bits per heavy atom. The monoisotopic (exact) mass is 333 g/mol. The van der Waals surface area contributed by atoms with Crippen LogP contribution in [0.4, 0.5) is 10.5 Å². The molecule has 0 aromatic heterocycles. The first-order valence-electron chi connectivity index (χ1n) is 8.32. The Morgan fingerprint density at radius 2 is 1.88 bits per heavy atom. The van der Waals surface area contributed by atoms with E-state index in [1.165, 1.54) is 10.5 Å². The molecule has 2 N–H and O–H groups in total. The number of nitrogens with one attached hydrogen (secondary N) is 1. The van der Waals surface area contributed by atoms with Gasteiger partial charge in [0.15, 0.2) is 0 Å². The molecule has 3 amide bonds. The van der Waals surface area contributed by atoms with Gasteiger partial charge in [-0.2, -0.15) is 0 Å². The fraction of sp³-hybridized carbons (Fsp3) is 0.556. The molecule has 1 aliphatic rings. The third-order valence-corrected chi connectivity index (χ3v) is 4.17. The van der Waals surface area contributed by atoms with Crippen molar-refractivity contribution < 1.29 is 14.7 Å². The Labute approximate surface area is 143 Å². The maximum absolute atomic E-state index is 12.5. The van der Waals surface area contributed by atoms with Crippen LogP contribution < -0.4 is 10.2 Å². The summed E-state index contributed by atoms with van der Waals surface area (Å²) >= 11 is 0. The molecule has 1 aromatic carbocycles. The highest BCUT2D eigenvalue weighted by molar-refractivity contribution is 5.96. The van der Waals surface area contributed by atoms with Crippen molar-refractivity contribution in [3.63, 3.8) is 0 Å². The molecule has 1 fully saturated rings. The summed E-state index contributed by atoms with van der Waals surface area (Å²) in [5.41, 5.74) is 1.39. The molecule has 1 saturated heterocycles. The number of anilines is 1. The maximum atomic E-state index is 12.5. The van der Waals surface area contributed by atoms with Crippen LogP contribution in [0.1, 0.15) is 39.2 Å². The SMILES string of the molecule is CC(C)c1ccc(N2CCN(CC(=O)NC(C)(C)CO)C2=O)cc1. The number of rotatable bonds is 6. The highest BCUT2D eigenvalue weighted by Gasteiger charge is 2.31. The van der Waals surface area contributed by atoms with Gasteiger partial charge < -0.3 is 15.3 Å². The summed E-state index contributed by atoms with van der Waals surface area (Å²) in [6.45, 7) is 8.66. The van der Waals surface area contributed by atoms with Gasteiger partial charge in [-0.3, -0.25) is 9.69 Å². The van der Waals surface area contributed by atoms with Crippen LogP contribution in [0.15, 0.2) is 24.3 Å². The largest absolute Gasteiger partial charge is 0.394 e. The van der Waals surface area contributed by atoms with Gasteiger partial charge in [-0.15, -0.1) is 0 Å². The molecule has 0 atom stereocenters. The third-order valence-electron chi connectivity index (χ3n) is 4.17.